The first-order valence-corrected chi connectivity index (χ1v) is 7.36. The van der Waals surface area contributed by atoms with Crippen LogP contribution in [0.2, 0.25) is 0 Å². The summed E-state index contributed by atoms with van der Waals surface area (Å²) in [6.45, 7) is -1.43. The van der Waals surface area contributed by atoms with Crippen molar-refractivity contribution in [3.63, 3.8) is 0 Å². The molecular formula is C15H19F3N2O3. The first kappa shape index (κ1) is 17.4. The Morgan fingerprint density at radius 2 is 2.04 bits per heavy atom. The van der Waals surface area contributed by atoms with E-state index in [1.54, 1.807) is 6.07 Å². The van der Waals surface area contributed by atoms with E-state index in [9.17, 15) is 23.1 Å². The first-order chi connectivity index (χ1) is 10.9. The summed E-state index contributed by atoms with van der Waals surface area (Å²) < 4.78 is 41.4. The topological polar surface area (TPSA) is 70.6 Å². The number of benzene rings is 1. The molecule has 1 saturated carbocycles. The Labute approximate surface area is 131 Å². The zero-order chi connectivity index (χ0) is 16.9. The van der Waals surface area contributed by atoms with Gasteiger partial charge in [-0.3, -0.25) is 0 Å². The fourth-order valence-electron chi connectivity index (χ4n) is 2.63. The minimum absolute atomic E-state index is 0.00374. The van der Waals surface area contributed by atoms with Crippen LogP contribution in [0.25, 0.3) is 0 Å². The Kier molecular flexibility index (Phi) is 5.70. The van der Waals surface area contributed by atoms with Crippen molar-refractivity contribution in [1.29, 1.82) is 0 Å². The molecular weight excluding hydrogens is 313 g/mol. The summed E-state index contributed by atoms with van der Waals surface area (Å²) in [6.07, 6.45) is -1.92. The molecule has 0 aromatic heterocycles. The molecule has 1 aliphatic carbocycles. The van der Waals surface area contributed by atoms with Gasteiger partial charge in [-0.1, -0.05) is 18.6 Å². The number of rotatable bonds is 5. The van der Waals surface area contributed by atoms with E-state index in [0.717, 1.165) is 19.3 Å². The third-order valence-electron chi connectivity index (χ3n) is 3.74. The van der Waals surface area contributed by atoms with Crippen molar-refractivity contribution < 1.29 is 27.8 Å². The summed E-state index contributed by atoms with van der Waals surface area (Å²) in [7, 11) is 0. The molecule has 2 amide bonds. The van der Waals surface area contributed by atoms with Crippen LogP contribution in [0.1, 0.15) is 19.3 Å². The lowest BCUT2D eigenvalue weighted by atomic mass is 10.1. The van der Waals surface area contributed by atoms with Crippen LogP contribution in [0.15, 0.2) is 24.3 Å². The number of urea groups is 1. The summed E-state index contributed by atoms with van der Waals surface area (Å²) in [6, 6.07) is 5.26. The summed E-state index contributed by atoms with van der Waals surface area (Å²) in [5, 5.41) is 14.5. The lowest BCUT2D eigenvalue weighted by Crippen LogP contribution is -2.41. The average Bonchev–Trinajstić information content (AvgIpc) is 2.92. The van der Waals surface area contributed by atoms with Gasteiger partial charge in [-0.2, -0.15) is 13.2 Å². The van der Waals surface area contributed by atoms with Gasteiger partial charge in [0.1, 0.15) is 5.75 Å². The van der Waals surface area contributed by atoms with Crippen LogP contribution in [-0.4, -0.2) is 36.6 Å². The molecule has 0 unspecified atom stereocenters. The molecule has 8 heteroatoms. The third-order valence-corrected chi connectivity index (χ3v) is 3.74. The molecule has 2 rings (SSSR count). The molecule has 0 bridgehead atoms. The molecule has 5 nitrogen and oxygen atoms in total. The van der Waals surface area contributed by atoms with Gasteiger partial charge in [-0.25, -0.2) is 4.79 Å². The predicted molar refractivity (Wildman–Crippen MR) is 78.4 cm³/mol. The molecule has 1 aromatic carbocycles. The maximum atomic E-state index is 12.2. The second-order valence-corrected chi connectivity index (χ2v) is 5.48. The Hall–Kier alpha value is -1.96. The van der Waals surface area contributed by atoms with Crippen LogP contribution >= 0.6 is 0 Å². The number of carbonyl (C=O) groups is 1. The summed E-state index contributed by atoms with van der Waals surface area (Å²) in [5.41, 5.74) is 0.160. The molecule has 0 spiro atoms. The monoisotopic (exact) mass is 332 g/mol. The van der Waals surface area contributed by atoms with Gasteiger partial charge < -0.3 is 20.5 Å². The van der Waals surface area contributed by atoms with E-state index in [1.165, 1.54) is 18.2 Å². The van der Waals surface area contributed by atoms with Crippen LogP contribution in [0, 0.1) is 5.92 Å². The van der Waals surface area contributed by atoms with Crippen molar-refractivity contribution in [3.05, 3.63) is 24.3 Å². The molecule has 0 heterocycles. The number of halogens is 3. The standard InChI is InChI=1S/C15H19F3N2O3/c16-15(17,18)9-23-13-7-2-1-5-12(13)20-14(22)19-11-6-3-4-10(11)8-21/h1-2,5,7,10-11,21H,3-4,6,8-9H2,(H2,19,20,22)/t10-,11-/m0/s1. The number of carbonyl (C=O) groups excluding carboxylic acids is 1. The van der Waals surface area contributed by atoms with Crippen LogP contribution in [0.4, 0.5) is 23.7 Å². The second kappa shape index (κ2) is 7.54. The van der Waals surface area contributed by atoms with Gasteiger partial charge in [0.2, 0.25) is 0 Å². The van der Waals surface area contributed by atoms with Gasteiger partial charge in [0.05, 0.1) is 5.69 Å². The van der Waals surface area contributed by atoms with Gasteiger partial charge in [0.15, 0.2) is 6.61 Å². The number of para-hydroxylation sites is 2. The molecule has 3 N–H and O–H groups in total. The molecule has 0 aliphatic heterocycles. The largest absolute Gasteiger partial charge is 0.482 e. The highest BCUT2D eigenvalue weighted by molar-refractivity contribution is 5.91. The molecule has 1 fully saturated rings. The Balaban J connectivity index is 1.95. The van der Waals surface area contributed by atoms with Crippen molar-refractivity contribution in [3.8, 4) is 5.75 Å². The van der Waals surface area contributed by atoms with Gasteiger partial charge in [0.25, 0.3) is 0 Å². The fraction of sp³-hybridized carbons (Fsp3) is 0.533. The van der Waals surface area contributed by atoms with Gasteiger partial charge in [-0.05, 0) is 25.0 Å². The van der Waals surface area contributed by atoms with Gasteiger partial charge in [0, 0.05) is 18.6 Å². The molecule has 0 saturated heterocycles. The van der Waals surface area contributed by atoms with E-state index in [2.05, 4.69) is 10.6 Å². The van der Waals surface area contributed by atoms with Gasteiger partial charge >= 0.3 is 12.2 Å². The van der Waals surface area contributed by atoms with Crippen LogP contribution in [0.5, 0.6) is 5.75 Å². The van der Waals surface area contributed by atoms with E-state index >= 15 is 0 Å². The number of alkyl halides is 3. The lowest BCUT2D eigenvalue weighted by Gasteiger charge is -2.20. The zero-order valence-electron chi connectivity index (χ0n) is 12.4. The fourth-order valence-corrected chi connectivity index (χ4v) is 2.63. The van der Waals surface area contributed by atoms with Crippen molar-refractivity contribution in [2.75, 3.05) is 18.5 Å². The Bertz CT molecular complexity index is 537. The number of ether oxygens (including phenoxy) is 1. The Morgan fingerprint density at radius 3 is 2.74 bits per heavy atom. The van der Waals surface area contributed by atoms with Crippen LogP contribution < -0.4 is 15.4 Å². The molecule has 1 aromatic rings. The summed E-state index contributed by atoms with van der Waals surface area (Å²) >= 11 is 0. The molecule has 128 valence electrons. The van der Waals surface area contributed by atoms with Crippen LogP contribution in [-0.2, 0) is 0 Å². The smallest absolute Gasteiger partial charge is 0.422 e. The predicted octanol–water partition coefficient (Wildman–Crippen LogP) is 2.91. The summed E-state index contributed by atoms with van der Waals surface area (Å²) in [5.74, 6) is -0.0393. The van der Waals surface area contributed by atoms with E-state index in [0.29, 0.717) is 0 Å². The lowest BCUT2D eigenvalue weighted by molar-refractivity contribution is -0.153. The highest BCUT2D eigenvalue weighted by Crippen LogP contribution is 2.27. The number of aliphatic hydroxyl groups is 1. The van der Waals surface area contributed by atoms with Crippen molar-refractivity contribution in [2.45, 2.75) is 31.5 Å². The SMILES string of the molecule is O=C(Nc1ccccc1OCC(F)(F)F)N[C@H]1CCC[C@H]1CO. The quantitative estimate of drug-likeness (QED) is 0.776. The third kappa shape index (κ3) is 5.31. The second-order valence-electron chi connectivity index (χ2n) is 5.48. The number of hydrogen-bond acceptors (Lipinski definition) is 3. The maximum Gasteiger partial charge on any atom is 0.422 e. The number of hydrogen-bond donors (Lipinski definition) is 3. The van der Waals surface area contributed by atoms with E-state index in [-0.39, 0.29) is 30.0 Å². The number of nitrogens with one attached hydrogen (secondary N) is 2. The van der Waals surface area contributed by atoms with Crippen molar-refractivity contribution in [1.82, 2.24) is 5.32 Å². The average molecular weight is 332 g/mol. The van der Waals surface area contributed by atoms with E-state index < -0.39 is 18.8 Å². The minimum atomic E-state index is -4.45. The molecule has 2 atom stereocenters. The van der Waals surface area contributed by atoms with Crippen LogP contribution in [0.3, 0.4) is 0 Å². The van der Waals surface area contributed by atoms with Crippen molar-refractivity contribution >= 4 is 11.7 Å². The minimum Gasteiger partial charge on any atom is -0.482 e. The highest BCUT2D eigenvalue weighted by atomic mass is 19.4. The normalized spacial score (nSPS) is 21.0. The van der Waals surface area contributed by atoms with Crippen molar-refractivity contribution in [2.24, 2.45) is 5.92 Å². The number of aliphatic hydroxyl groups excluding tert-OH is 1. The number of anilines is 1. The van der Waals surface area contributed by atoms with E-state index in [4.69, 9.17) is 4.74 Å². The molecule has 1 aliphatic rings. The maximum absolute atomic E-state index is 12.2. The zero-order valence-corrected chi connectivity index (χ0v) is 12.4. The first-order valence-electron chi connectivity index (χ1n) is 7.36. The van der Waals surface area contributed by atoms with Gasteiger partial charge in [-0.15, -0.1) is 0 Å². The number of amides is 2. The Morgan fingerprint density at radius 1 is 1.30 bits per heavy atom. The molecule has 23 heavy (non-hydrogen) atoms. The molecule has 0 radical (unpaired) electrons. The van der Waals surface area contributed by atoms with E-state index in [1.807, 2.05) is 0 Å². The summed E-state index contributed by atoms with van der Waals surface area (Å²) in [4.78, 5) is 12.0. The highest BCUT2D eigenvalue weighted by Gasteiger charge is 2.30.